The molecule has 0 spiro atoms. The van der Waals surface area contributed by atoms with Gasteiger partial charge in [-0.2, -0.15) is 10.4 Å². The van der Waals surface area contributed by atoms with Crippen LogP contribution in [0.15, 0.2) is 5.11 Å². The van der Waals surface area contributed by atoms with Gasteiger partial charge in [0.2, 0.25) is 0 Å². The highest BCUT2D eigenvalue weighted by Crippen LogP contribution is 2.27. The fraction of sp³-hybridized carbons (Fsp3) is 0.875. The molecule has 0 amide bonds. The fourth-order valence-corrected chi connectivity index (χ4v) is 1.13. The first-order chi connectivity index (χ1) is 4.93. The van der Waals surface area contributed by atoms with Crippen LogP contribution in [0.5, 0.6) is 0 Å². The van der Waals surface area contributed by atoms with Gasteiger partial charge in [0.05, 0.1) is 18.0 Å². The summed E-state index contributed by atoms with van der Waals surface area (Å²) in [7, 11) is 0. The largest absolute Gasteiger partial charge is 0.210 e. The van der Waals surface area contributed by atoms with Crippen LogP contribution in [-0.2, 0) is 0 Å². The van der Waals surface area contributed by atoms with Gasteiger partial charge in [0.25, 0.3) is 0 Å². The molecular formula is C8H15N3. The van der Waals surface area contributed by atoms with Crippen molar-refractivity contribution in [3.63, 3.8) is 0 Å². The van der Waals surface area contributed by atoms with Crippen molar-refractivity contribution in [2.24, 2.45) is 16.4 Å². The molecule has 0 saturated heterocycles. The Hall–Kier alpha value is -0.910. The molecule has 0 fully saturated rings. The summed E-state index contributed by atoms with van der Waals surface area (Å²) in [5.74, 6) is -0.174. The molecule has 0 aliphatic heterocycles. The lowest BCUT2D eigenvalue weighted by Gasteiger charge is -2.27. The van der Waals surface area contributed by atoms with Crippen LogP contribution < -0.4 is 0 Å². The molecule has 0 heterocycles. The van der Waals surface area contributed by atoms with E-state index in [-0.39, 0.29) is 17.4 Å². The van der Waals surface area contributed by atoms with E-state index in [4.69, 9.17) is 10.8 Å². The molecule has 0 bridgehead atoms. The van der Waals surface area contributed by atoms with Crippen LogP contribution in [0.4, 0.5) is 0 Å². The van der Waals surface area contributed by atoms with E-state index >= 15 is 0 Å². The second-order valence-corrected chi connectivity index (χ2v) is 3.86. The molecule has 0 rings (SSSR count). The van der Waals surface area contributed by atoms with E-state index < -0.39 is 0 Å². The molecule has 3 heteroatoms. The Morgan fingerprint density at radius 3 is 2.00 bits per heavy atom. The van der Waals surface area contributed by atoms with E-state index in [0.29, 0.717) is 0 Å². The number of rotatable bonds is 2. The maximum atomic E-state index is 8.61. The molecule has 0 aliphatic carbocycles. The van der Waals surface area contributed by atoms with Crippen molar-refractivity contribution in [2.75, 3.05) is 0 Å². The first-order valence-corrected chi connectivity index (χ1v) is 3.69. The Morgan fingerprint density at radius 2 is 1.91 bits per heavy atom. The third kappa shape index (κ3) is 2.67. The van der Waals surface area contributed by atoms with E-state index in [1.54, 1.807) is 6.92 Å². The van der Waals surface area contributed by atoms with Crippen molar-refractivity contribution in [1.82, 2.24) is 0 Å². The van der Waals surface area contributed by atoms with Crippen LogP contribution >= 0.6 is 0 Å². The Kier molecular flexibility index (Phi) is 3.18. The maximum Gasteiger partial charge on any atom is 0.0908 e. The maximum absolute atomic E-state index is 8.61. The minimum atomic E-state index is -0.188. The molecule has 2 unspecified atom stereocenters. The van der Waals surface area contributed by atoms with Crippen LogP contribution in [0, 0.1) is 28.2 Å². The summed E-state index contributed by atoms with van der Waals surface area (Å²) in [5, 5.41) is 12.1. The van der Waals surface area contributed by atoms with Crippen molar-refractivity contribution >= 4 is 0 Å². The van der Waals surface area contributed by atoms with E-state index in [9.17, 15) is 0 Å². The Morgan fingerprint density at radius 1 is 1.45 bits per heavy atom. The second kappa shape index (κ2) is 3.47. The third-order valence-corrected chi connectivity index (χ3v) is 1.70. The van der Waals surface area contributed by atoms with Gasteiger partial charge in [-0.25, -0.2) is 5.53 Å². The van der Waals surface area contributed by atoms with Crippen molar-refractivity contribution < 1.29 is 0 Å². The van der Waals surface area contributed by atoms with Crippen LogP contribution in [0.25, 0.3) is 0 Å². The monoisotopic (exact) mass is 153 g/mol. The lowest BCUT2D eigenvalue weighted by atomic mass is 9.81. The fourth-order valence-electron chi connectivity index (χ4n) is 1.13. The lowest BCUT2D eigenvalue weighted by Crippen LogP contribution is -2.29. The normalized spacial score (nSPS) is 16.6. The van der Waals surface area contributed by atoms with Crippen molar-refractivity contribution in [1.29, 1.82) is 10.8 Å². The van der Waals surface area contributed by atoms with Crippen molar-refractivity contribution in [2.45, 2.75) is 33.7 Å². The highest BCUT2D eigenvalue weighted by molar-refractivity contribution is 4.94. The molecule has 2 atom stereocenters. The Bertz CT molecular complexity index is 173. The van der Waals surface area contributed by atoms with E-state index in [0.717, 1.165) is 0 Å². The molecule has 11 heavy (non-hydrogen) atoms. The van der Waals surface area contributed by atoms with Gasteiger partial charge in [0.15, 0.2) is 0 Å². The van der Waals surface area contributed by atoms with Gasteiger partial charge < -0.3 is 0 Å². The predicted octanol–water partition coefficient (Wildman–Crippen LogP) is 2.59. The van der Waals surface area contributed by atoms with Gasteiger partial charge in [0.1, 0.15) is 0 Å². The Labute approximate surface area is 67.9 Å². The smallest absolute Gasteiger partial charge is 0.0908 e. The molecule has 0 saturated carbocycles. The molecule has 0 radical (unpaired) electrons. The van der Waals surface area contributed by atoms with Crippen molar-refractivity contribution in [3.05, 3.63) is 0 Å². The minimum absolute atomic E-state index is 0.0864. The molecular weight excluding hydrogens is 138 g/mol. The molecule has 62 valence electrons. The average Bonchev–Trinajstić information content (AvgIpc) is 1.86. The number of nitrogens with zero attached hydrogens (tertiary/aromatic N) is 2. The van der Waals surface area contributed by atoms with E-state index in [2.05, 4.69) is 11.2 Å². The summed E-state index contributed by atoms with van der Waals surface area (Å²) in [4.78, 5) is 0. The molecule has 0 aromatic rings. The number of hydrogen-bond acceptors (Lipinski definition) is 3. The SMILES string of the molecule is CC(C#N)C(N=N)C(C)(C)C. The summed E-state index contributed by atoms with van der Waals surface area (Å²) < 4.78 is 0. The molecule has 0 aromatic carbocycles. The number of nitrogens with one attached hydrogen (secondary N) is 1. The molecule has 0 aromatic heterocycles. The first-order valence-electron chi connectivity index (χ1n) is 3.69. The summed E-state index contributed by atoms with van der Waals surface area (Å²) in [6.07, 6.45) is 0. The zero-order valence-electron chi connectivity index (χ0n) is 7.55. The van der Waals surface area contributed by atoms with E-state index in [1.165, 1.54) is 0 Å². The molecule has 1 N–H and O–H groups in total. The van der Waals surface area contributed by atoms with Crippen LogP contribution in [0.2, 0.25) is 0 Å². The summed E-state index contributed by atoms with van der Waals surface area (Å²) in [6, 6.07) is 1.92. The van der Waals surface area contributed by atoms with Crippen LogP contribution in [0.1, 0.15) is 27.7 Å². The average molecular weight is 153 g/mol. The van der Waals surface area contributed by atoms with Gasteiger partial charge in [-0.1, -0.05) is 20.8 Å². The van der Waals surface area contributed by atoms with Gasteiger partial charge in [-0.05, 0) is 12.3 Å². The quantitative estimate of drug-likeness (QED) is 0.609. The third-order valence-electron chi connectivity index (χ3n) is 1.70. The molecule has 0 aliphatic rings. The molecule has 3 nitrogen and oxygen atoms in total. The summed E-state index contributed by atoms with van der Waals surface area (Å²) in [6.45, 7) is 7.77. The number of nitriles is 1. The standard InChI is InChI=1S/C8H15N3/c1-6(5-9)7(11-10)8(2,3)4/h6-7,10H,1-4H3. The highest BCUT2D eigenvalue weighted by Gasteiger charge is 2.29. The Balaban J connectivity index is 4.44. The lowest BCUT2D eigenvalue weighted by molar-refractivity contribution is 0.269. The minimum Gasteiger partial charge on any atom is -0.210 e. The van der Waals surface area contributed by atoms with Crippen LogP contribution in [-0.4, -0.2) is 6.04 Å². The predicted molar refractivity (Wildman–Crippen MR) is 43.2 cm³/mol. The summed E-state index contributed by atoms with van der Waals surface area (Å²) in [5.41, 5.74) is 6.84. The van der Waals surface area contributed by atoms with E-state index in [1.807, 2.05) is 20.8 Å². The van der Waals surface area contributed by atoms with Gasteiger partial charge >= 0.3 is 0 Å². The highest BCUT2D eigenvalue weighted by atomic mass is 15.0. The van der Waals surface area contributed by atoms with Gasteiger partial charge in [-0.15, -0.1) is 0 Å². The topological polar surface area (TPSA) is 60.0 Å². The number of hydrogen-bond donors (Lipinski definition) is 1. The summed E-state index contributed by atoms with van der Waals surface area (Å²) >= 11 is 0. The zero-order valence-corrected chi connectivity index (χ0v) is 7.55. The van der Waals surface area contributed by atoms with Crippen LogP contribution in [0.3, 0.4) is 0 Å². The van der Waals surface area contributed by atoms with Gasteiger partial charge in [0, 0.05) is 0 Å². The zero-order chi connectivity index (χ0) is 9.07. The van der Waals surface area contributed by atoms with Gasteiger partial charge in [-0.3, -0.25) is 0 Å². The second-order valence-electron chi connectivity index (χ2n) is 3.86. The first kappa shape index (κ1) is 10.1. The van der Waals surface area contributed by atoms with Crippen molar-refractivity contribution in [3.8, 4) is 6.07 Å².